The molecule has 0 saturated heterocycles. The topological polar surface area (TPSA) is 37.4 Å². The van der Waals surface area contributed by atoms with E-state index in [-0.39, 0.29) is 11.8 Å². The molecule has 0 spiro atoms. The van der Waals surface area contributed by atoms with Crippen molar-refractivity contribution in [1.29, 1.82) is 0 Å². The molecular weight excluding hydrogens is 719 g/mol. The highest BCUT2D eigenvalue weighted by atomic mass is 32.1. The van der Waals surface area contributed by atoms with E-state index in [2.05, 4.69) is 53.7 Å². The highest BCUT2D eigenvalue weighted by Crippen LogP contribution is 2.51. The second-order valence-corrected chi connectivity index (χ2v) is 20.0. The number of thiophene rings is 3. The number of carbonyl (C=O) groups excluding carboxylic acids is 2. The molecule has 4 rings (SSSR count). The average Bonchev–Trinajstić information content (AvgIpc) is 3.90. The van der Waals surface area contributed by atoms with Crippen LogP contribution < -0.4 is 0 Å². The second kappa shape index (κ2) is 24.8. The first-order valence-electron chi connectivity index (χ1n) is 22.6. The van der Waals surface area contributed by atoms with Crippen molar-refractivity contribution >= 4 is 45.8 Å². The lowest BCUT2D eigenvalue weighted by molar-refractivity contribution is 0.0622. The molecule has 0 aliphatic carbocycles. The predicted octanol–water partition coefficient (Wildman–Crippen LogP) is 16.6. The summed E-state index contributed by atoms with van der Waals surface area (Å²) in [7, 11) is 0. The van der Waals surface area contributed by atoms with E-state index in [0.717, 1.165) is 35.4 Å². The molecule has 3 aromatic rings. The zero-order chi connectivity index (χ0) is 38.7. The number of aryl methyl sites for hydroxylation is 4. The summed E-state index contributed by atoms with van der Waals surface area (Å²) in [5.41, 5.74) is 4.17. The molecule has 0 fully saturated rings. The van der Waals surface area contributed by atoms with Gasteiger partial charge in [-0.2, -0.15) is 0 Å². The molecule has 2 amide bonds. The fourth-order valence-corrected chi connectivity index (χ4v) is 12.2. The van der Waals surface area contributed by atoms with Crippen LogP contribution in [0.2, 0.25) is 0 Å². The van der Waals surface area contributed by atoms with Gasteiger partial charge in [-0.25, -0.2) is 0 Å². The molecule has 1 aliphatic rings. The smallest absolute Gasteiger partial charge is 0.263 e. The van der Waals surface area contributed by atoms with E-state index in [1.165, 1.54) is 172 Å². The lowest BCUT2D eigenvalue weighted by atomic mass is 9.93. The summed E-state index contributed by atoms with van der Waals surface area (Å²) >= 11 is 5.41. The zero-order valence-electron chi connectivity index (χ0n) is 35.3. The van der Waals surface area contributed by atoms with Gasteiger partial charge in [-0.1, -0.05) is 156 Å². The normalized spacial score (nSPS) is 13.5. The molecule has 1 aliphatic heterocycles. The molecule has 1 atom stereocenters. The fourth-order valence-electron chi connectivity index (χ4n) is 8.43. The molecular formula is C48H75NO2S3. The maximum atomic E-state index is 14.8. The van der Waals surface area contributed by atoms with E-state index in [4.69, 9.17) is 0 Å². The Labute approximate surface area is 343 Å². The highest BCUT2D eigenvalue weighted by molar-refractivity contribution is 7.27. The van der Waals surface area contributed by atoms with Gasteiger partial charge in [0.1, 0.15) is 0 Å². The zero-order valence-corrected chi connectivity index (χ0v) is 37.8. The molecule has 0 radical (unpaired) electrons. The maximum Gasteiger partial charge on any atom is 0.263 e. The third kappa shape index (κ3) is 13.2. The minimum absolute atomic E-state index is 0.0312. The van der Waals surface area contributed by atoms with Crippen LogP contribution in [0.4, 0.5) is 0 Å². The third-order valence-electron chi connectivity index (χ3n) is 11.6. The average molecular weight is 794 g/mol. The van der Waals surface area contributed by atoms with Crippen LogP contribution in [0, 0.1) is 19.8 Å². The minimum Gasteiger partial charge on any atom is -0.274 e. The molecule has 1 unspecified atom stereocenters. The van der Waals surface area contributed by atoms with E-state index >= 15 is 0 Å². The van der Waals surface area contributed by atoms with Crippen molar-refractivity contribution in [3.8, 4) is 19.5 Å². The van der Waals surface area contributed by atoms with Crippen molar-refractivity contribution in [2.75, 3.05) is 6.54 Å². The standard InChI is InChI=1S/C48H75NO2S3/c1-7-11-15-19-22-26-30-38(29-25-18-14-10-4)35-49-47(50)41-42(48(49)51)46(44-40(34-37(6)53-44)32-28-24-21-17-13-9-3)54-45(41)43-39(33-36(5)52-43)31-27-23-20-16-12-8-2/h33-34,38H,7-32,35H2,1-6H3. The monoisotopic (exact) mass is 793 g/mol. The van der Waals surface area contributed by atoms with Gasteiger partial charge < -0.3 is 0 Å². The van der Waals surface area contributed by atoms with Crippen molar-refractivity contribution in [2.45, 2.75) is 208 Å². The number of fused-ring (bicyclic) bond motifs is 1. The summed E-state index contributed by atoms with van der Waals surface area (Å²) in [6.07, 6.45) is 32.1. The maximum absolute atomic E-state index is 14.8. The summed E-state index contributed by atoms with van der Waals surface area (Å²) in [6.45, 7) is 14.1. The number of hydrogen-bond acceptors (Lipinski definition) is 5. The van der Waals surface area contributed by atoms with Crippen LogP contribution in [0.25, 0.3) is 19.5 Å². The molecule has 3 nitrogen and oxygen atoms in total. The van der Waals surface area contributed by atoms with Crippen molar-refractivity contribution in [3.05, 3.63) is 44.1 Å². The van der Waals surface area contributed by atoms with Crippen LogP contribution in [0.1, 0.15) is 223 Å². The Bertz CT molecular complexity index is 1450. The number of nitrogens with zero attached hydrogens (tertiary/aromatic N) is 1. The van der Waals surface area contributed by atoms with Crippen LogP contribution in [0.5, 0.6) is 0 Å². The summed E-state index contributed by atoms with van der Waals surface area (Å²) in [4.78, 5) is 38.5. The first kappa shape index (κ1) is 44.9. The van der Waals surface area contributed by atoms with Crippen LogP contribution in [-0.2, 0) is 12.8 Å². The van der Waals surface area contributed by atoms with Gasteiger partial charge in [0.2, 0.25) is 0 Å². The van der Waals surface area contributed by atoms with Gasteiger partial charge in [0, 0.05) is 26.1 Å². The van der Waals surface area contributed by atoms with Crippen LogP contribution in [0.3, 0.4) is 0 Å². The number of amides is 2. The van der Waals surface area contributed by atoms with Crippen LogP contribution in [-0.4, -0.2) is 23.3 Å². The second-order valence-electron chi connectivity index (χ2n) is 16.5. The summed E-state index contributed by atoms with van der Waals surface area (Å²) in [5.74, 6) is 0.313. The van der Waals surface area contributed by atoms with Gasteiger partial charge in [-0.05, 0) is 81.5 Å². The minimum atomic E-state index is -0.0312. The van der Waals surface area contributed by atoms with Crippen molar-refractivity contribution in [3.63, 3.8) is 0 Å². The van der Waals surface area contributed by atoms with E-state index in [1.54, 1.807) is 16.2 Å². The van der Waals surface area contributed by atoms with Gasteiger partial charge >= 0.3 is 0 Å². The summed E-state index contributed by atoms with van der Waals surface area (Å²) in [5, 5.41) is 0. The first-order valence-corrected chi connectivity index (χ1v) is 25.0. The lowest BCUT2D eigenvalue weighted by Gasteiger charge is -2.23. The Morgan fingerprint density at radius 3 is 1.22 bits per heavy atom. The molecule has 4 heterocycles. The Balaban J connectivity index is 1.66. The first-order chi connectivity index (χ1) is 26.3. The predicted molar refractivity (Wildman–Crippen MR) is 240 cm³/mol. The quantitative estimate of drug-likeness (QED) is 0.0498. The Morgan fingerprint density at radius 2 is 0.815 bits per heavy atom. The molecule has 6 heteroatoms. The molecule has 0 saturated carbocycles. The number of imide groups is 1. The molecule has 0 N–H and O–H groups in total. The number of hydrogen-bond donors (Lipinski definition) is 0. The third-order valence-corrected chi connectivity index (χ3v) is 15.3. The van der Waals surface area contributed by atoms with E-state index in [1.807, 2.05) is 22.7 Å². The summed E-state index contributed by atoms with van der Waals surface area (Å²) in [6, 6.07) is 4.73. The molecule has 54 heavy (non-hydrogen) atoms. The van der Waals surface area contributed by atoms with Crippen molar-refractivity contribution < 1.29 is 9.59 Å². The number of carbonyl (C=O) groups is 2. The van der Waals surface area contributed by atoms with E-state index in [9.17, 15) is 9.59 Å². The van der Waals surface area contributed by atoms with Gasteiger partial charge in [0.25, 0.3) is 11.8 Å². The van der Waals surface area contributed by atoms with Gasteiger partial charge in [0.15, 0.2) is 0 Å². The highest BCUT2D eigenvalue weighted by Gasteiger charge is 2.44. The van der Waals surface area contributed by atoms with Gasteiger partial charge in [-0.3, -0.25) is 14.5 Å². The van der Waals surface area contributed by atoms with Crippen molar-refractivity contribution in [1.82, 2.24) is 4.90 Å². The molecule has 3 aromatic heterocycles. The Morgan fingerprint density at radius 1 is 0.463 bits per heavy atom. The molecule has 0 bridgehead atoms. The molecule has 302 valence electrons. The largest absolute Gasteiger partial charge is 0.274 e. The Hall–Kier alpha value is -1.76. The molecule has 0 aromatic carbocycles. The Kier molecular flexibility index (Phi) is 20.6. The van der Waals surface area contributed by atoms with Crippen LogP contribution >= 0.6 is 34.0 Å². The number of rotatable bonds is 30. The number of unbranched alkanes of at least 4 members (excludes halogenated alkanes) is 18. The van der Waals surface area contributed by atoms with Gasteiger partial charge in [-0.15, -0.1) is 34.0 Å². The fraction of sp³-hybridized carbons (Fsp3) is 0.708. The van der Waals surface area contributed by atoms with Crippen LogP contribution in [0.15, 0.2) is 12.1 Å². The van der Waals surface area contributed by atoms with E-state index in [0.29, 0.717) is 23.6 Å². The SMILES string of the molecule is CCCCCCCCc1cc(C)sc1-c1sc(-c2sc(C)cc2CCCCCCCC)c2c1C(=O)N(CC(CCCCCC)CCCCCCCC)C2=O. The van der Waals surface area contributed by atoms with Gasteiger partial charge in [0.05, 0.1) is 20.9 Å². The van der Waals surface area contributed by atoms with E-state index < -0.39 is 0 Å². The lowest BCUT2D eigenvalue weighted by Crippen LogP contribution is -2.35. The summed E-state index contributed by atoms with van der Waals surface area (Å²) < 4.78 is 0. The van der Waals surface area contributed by atoms with Crippen molar-refractivity contribution in [2.24, 2.45) is 5.92 Å².